The Balaban J connectivity index is 1.55. The summed E-state index contributed by atoms with van der Waals surface area (Å²) in [4.78, 5) is 0. The fourth-order valence-electron chi connectivity index (χ4n) is 11.2. The Labute approximate surface area is 192 Å². The lowest BCUT2D eigenvalue weighted by molar-refractivity contribution is -0.165. The van der Waals surface area contributed by atoms with E-state index < -0.39 is 0 Å². The highest BCUT2D eigenvalue weighted by atomic mass is 16.3. The maximum atomic E-state index is 10.8. The highest BCUT2D eigenvalue weighted by Crippen LogP contribution is 2.76. The SMILES string of the molecule is CC(C)[C@H]1CC[C@@H]2[C@]1(C)CC[C@]1(C)[C@@H]3CC[C@@H]4C(C)(C)[C@@H](O)CC[C@]4(C)C3=CC[C@@]21C. The third-order valence-corrected chi connectivity index (χ3v) is 13.2. The van der Waals surface area contributed by atoms with Crippen LogP contribution in [0.25, 0.3) is 0 Å². The van der Waals surface area contributed by atoms with Gasteiger partial charge in [-0.05, 0) is 114 Å². The van der Waals surface area contributed by atoms with Gasteiger partial charge in [0.2, 0.25) is 0 Å². The van der Waals surface area contributed by atoms with E-state index in [2.05, 4.69) is 61.5 Å². The van der Waals surface area contributed by atoms with Gasteiger partial charge in [-0.15, -0.1) is 0 Å². The lowest BCUT2D eigenvalue weighted by Gasteiger charge is -2.69. The third kappa shape index (κ3) is 2.60. The van der Waals surface area contributed by atoms with Crippen LogP contribution in [-0.2, 0) is 0 Å². The molecule has 1 N–H and O–H groups in total. The van der Waals surface area contributed by atoms with Gasteiger partial charge >= 0.3 is 0 Å². The first-order valence-electron chi connectivity index (χ1n) is 13.7. The van der Waals surface area contributed by atoms with E-state index in [-0.39, 0.29) is 11.5 Å². The molecule has 0 aromatic heterocycles. The van der Waals surface area contributed by atoms with E-state index in [4.69, 9.17) is 0 Å². The minimum atomic E-state index is -0.131. The van der Waals surface area contributed by atoms with E-state index in [1.807, 2.05) is 5.57 Å². The van der Waals surface area contributed by atoms with Crippen LogP contribution in [-0.4, -0.2) is 11.2 Å². The van der Waals surface area contributed by atoms with Gasteiger partial charge < -0.3 is 5.11 Å². The van der Waals surface area contributed by atoms with E-state index in [0.29, 0.717) is 27.6 Å². The number of hydrogen-bond acceptors (Lipinski definition) is 1. The monoisotopic (exact) mass is 426 g/mol. The standard InChI is InChI=1S/C30H50O/c1-19(2)20-9-12-24-28(20,6)17-18-29(7)22-10-11-23-26(3,4)25(31)14-15-27(23,5)21(22)13-16-30(24,29)8/h13,19-20,22-25,31H,9-12,14-18H2,1-8H3/t20-,22-,23-,24-,25+,27-,28-,29-,30+/m1/s1. The van der Waals surface area contributed by atoms with Gasteiger partial charge in [0.25, 0.3) is 0 Å². The van der Waals surface area contributed by atoms with Gasteiger partial charge in [-0.1, -0.05) is 67.0 Å². The largest absolute Gasteiger partial charge is 0.393 e. The number of aliphatic hydroxyl groups excluding tert-OH is 1. The van der Waals surface area contributed by atoms with E-state index in [9.17, 15) is 5.11 Å². The summed E-state index contributed by atoms with van der Waals surface area (Å²) in [6.07, 6.45) is 14.6. The van der Waals surface area contributed by atoms with Crippen molar-refractivity contribution in [3.05, 3.63) is 11.6 Å². The van der Waals surface area contributed by atoms with Crippen molar-refractivity contribution in [3.8, 4) is 0 Å². The number of aliphatic hydroxyl groups is 1. The van der Waals surface area contributed by atoms with Gasteiger partial charge in [0.1, 0.15) is 0 Å². The summed E-state index contributed by atoms with van der Waals surface area (Å²) < 4.78 is 0. The first kappa shape index (κ1) is 22.5. The number of hydrogen-bond donors (Lipinski definition) is 1. The smallest absolute Gasteiger partial charge is 0.0594 e. The molecule has 176 valence electrons. The summed E-state index contributed by atoms with van der Waals surface area (Å²) in [6.45, 7) is 20.4. The molecule has 0 aliphatic heterocycles. The van der Waals surface area contributed by atoms with Crippen molar-refractivity contribution in [2.45, 2.75) is 119 Å². The average molecular weight is 427 g/mol. The first-order valence-corrected chi connectivity index (χ1v) is 13.7. The van der Waals surface area contributed by atoms with E-state index in [1.165, 1.54) is 51.4 Å². The molecule has 1 nitrogen and oxygen atoms in total. The van der Waals surface area contributed by atoms with Crippen LogP contribution >= 0.6 is 0 Å². The molecule has 0 saturated heterocycles. The molecule has 0 aromatic carbocycles. The molecule has 0 amide bonds. The van der Waals surface area contributed by atoms with E-state index in [1.54, 1.807) is 0 Å². The number of fused-ring (bicyclic) bond motifs is 7. The molecule has 5 rings (SSSR count). The van der Waals surface area contributed by atoms with Crippen LogP contribution in [0.3, 0.4) is 0 Å². The van der Waals surface area contributed by atoms with Gasteiger partial charge in [-0.2, -0.15) is 0 Å². The molecular formula is C30H50O. The van der Waals surface area contributed by atoms with Gasteiger partial charge in [-0.25, -0.2) is 0 Å². The van der Waals surface area contributed by atoms with Crippen LogP contribution in [0.2, 0.25) is 0 Å². The van der Waals surface area contributed by atoms with Crippen molar-refractivity contribution in [3.63, 3.8) is 0 Å². The summed E-state index contributed by atoms with van der Waals surface area (Å²) in [5.74, 6) is 4.02. The third-order valence-electron chi connectivity index (χ3n) is 13.2. The van der Waals surface area contributed by atoms with Crippen molar-refractivity contribution in [2.75, 3.05) is 0 Å². The molecule has 9 atom stereocenters. The van der Waals surface area contributed by atoms with Crippen LogP contribution in [0.4, 0.5) is 0 Å². The van der Waals surface area contributed by atoms with Crippen LogP contribution < -0.4 is 0 Å². The summed E-state index contributed by atoms with van der Waals surface area (Å²) in [5.41, 5.74) is 3.61. The molecular weight excluding hydrogens is 376 g/mol. The van der Waals surface area contributed by atoms with Gasteiger partial charge in [-0.3, -0.25) is 0 Å². The van der Waals surface area contributed by atoms with Gasteiger partial charge in [0.05, 0.1) is 6.10 Å². The Morgan fingerprint density at radius 1 is 0.806 bits per heavy atom. The number of allylic oxidation sites excluding steroid dienone is 2. The zero-order valence-electron chi connectivity index (χ0n) is 21.9. The second-order valence-corrected chi connectivity index (χ2v) is 14.7. The Bertz CT molecular complexity index is 777. The first-order chi connectivity index (χ1) is 14.3. The number of rotatable bonds is 1. The van der Waals surface area contributed by atoms with Crippen LogP contribution in [0.15, 0.2) is 11.6 Å². The highest BCUT2D eigenvalue weighted by molar-refractivity contribution is 5.33. The lowest BCUT2D eigenvalue weighted by atomic mass is 9.35. The molecule has 4 saturated carbocycles. The van der Waals surface area contributed by atoms with Gasteiger partial charge in [0, 0.05) is 0 Å². The predicted molar refractivity (Wildman–Crippen MR) is 131 cm³/mol. The molecule has 5 aliphatic carbocycles. The second kappa shape index (κ2) is 6.64. The van der Waals surface area contributed by atoms with Gasteiger partial charge in [0.15, 0.2) is 0 Å². The fourth-order valence-corrected chi connectivity index (χ4v) is 11.2. The molecule has 0 bridgehead atoms. The van der Waals surface area contributed by atoms with Crippen molar-refractivity contribution in [1.82, 2.24) is 0 Å². The molecule has 4 fully saturated rings. The highest BCUT2D eigenvalue weighted by Gasteiger charge is 2.68. The minimum absolute atomic E-state index is 0.0432. The second-order valence-electron chi connectivity index (χ2n) is 14.7. The normalized spacial score (nSPS) is 55.7. The van der Waals surface area contributed by atoms with E-state index in [0.717, 1.165) is 30.1 Å². The molecule has 0 aromatic rings. The van der Waals surface area contributed by atoms with Crippen LogP contribution in [0.5, 0.6) is 0 Å². The maximum Gasteiger partial charge on any atom is 0.0594 e. The molecule has 0 heterocycles. The molecule has 31 heavy (non-hydrogen) atoms. The minimum Gasteiger partial charge on any atom is -0.393 e. The Morgan fingerprint density at radius 3 is 2.16 bits per heavy atom. The Hall–Kier alpha value is -0.300. The summed E-state index contributed by atoms with van der Waals surface area (Å²) in [6, 6.07) is 0. The molecule has 0 unspecified atom stereocenters. The Kier molecular flexibility index (Phi) is 4.82. The van der Waals surface area contributed by atoms with Crippen LogP contribution in [0, 0.1) is 56.7 Å². The van der Waals surface area contributed by atoms with Crippen LogP contribution in [0.1, 0.15) is 113 Å². The molecule has 1 heteroatoms. The van der Waals surface area contributed by atoms with Crippen molar-refractivity contribution >= 4 is 0 Å². The molecule has 0 radical (unpaired) electrons. The topological polar surface area (TPSA) is 20.2 Å². The maximum absolute atomic E-state index is 10.8. The van der Waals surface area contributed by atoms with E-state index >= 15 is 0 Å². The quantitative estimate of drug-likeness (QED) is 0.421. The lowest BCUT2D eigenvalue weighted by Crippen LogP contribution is -2.62. The summed E-state index contributed by atoms with van der Waals surface area (Å²) >= 11 is 0. The summed E-state index contributed by atoms with van der Waals surface area (Å²) in [5, 5.41) is 10.8. The van der Waals surface area contributed by atoms with Crippen molar-refractivity contribution in [1.29, 1.82) is 0 Å². The zero-order valence-corrected chi connectivity index (χ0v) is 21.9. The molecule has 0 spiro atoms. The zero-order chi connectivity index (χ0) is 22.6. The molecule has 5 aliphatic rings. The average Bonchev–Trinajstić information content (AvgIpc) is 3.05. The van der Waals surface area contributed by atoms with Crippen molar-refractivity contribution < 1.29 is 5.11 Å². The fraction of sp³-hybridized carbons (Fsp3) is 0.933. The van der Waals surface area contributed by atoms with Crippen molar-refractivity contribution in [2.24, 2.45) is 56.7 Å². The predicted octanol–water partition coefficient (Wildman–Crippen LogP) is 8.02. The Morgan fingerprint density at radius 2 is 1.48 bits per heavy atom. The summed E-state index contributed by atoms with van der Waals surface area (Å²) in [7, 11) is 0.